The molecule has 0 saturated carbocycles. The second kappa shape index (κ2) is 7.86. The zero-order valence-corrected chi connectivity index (χ0v) is 11.1. The summed E-state index contributed by atoms with van der Waals surface area (Å²) in [7, 11) is 0. The van der Waals surface area contributed by atoms with Crippen molar-refractivity contribution in [2.75, 3.05) is 13.1 Å². The SMILES string of the molecule is C=CCN(CC=C)C(=O)NC(=O)C(C)=C(C)C(=O)O. The van der Waals surface area contributed by atoms with Gasteiger partial charge in [-0.3, -0.25) is 10.1 Å². The van der Waals surface area contributed by atoms with Gasteiger partial charge in [-0.05, 0) is 13.8 Å². The molecule has 0 saturated heterocycles. The lowest BCUT2D eigenvalue weighted by molar-refractivity contribution is -0.133. The van der Waals surface area contributed by atoms with Crippen LogP contribution in [0.2, 0.25) is 0 Å². The van der Waals surface area contributed by atoms with E-state index in [1.165, 1.54) is 30.9 Å². The lowest BCUT2D eigenvalue weighted by Gasteiger charge is -2.19. The summed E-state index contributed by atoms with van der Waals surface area (Å²) in [6.07, 6.45) is 3.03. The Balaban J connectivity index is 4.84. The fourth-order valence-electron chi connectivity index (χ4n) is 1.15. The molecule has 0 spiro atoms. The third-order valence-electron chi connectivity index (χ3n) is 2.43. The first-order valence-electron chi connectivity index (χ1n) is 5.58. The number of urea groups is 1. The van der Waals surface area contributed by atoms with Gasteiger partial charge in [0.25, 0.3) is 5.91 Å². The monoisotopic (exact) mass is 266 g/mol. The maximum atomic E-state index is 11.8. The minimum absolute atomic E-state index is 0.0157. The number of hydrogen-bond donors (Lipinski definition) is 2. The molecule has 6 heteroatoms. The fraction of sp³-hybridized carbons (Fsp3) is 0.308. The van der Waals surface area contributed by atoms with Crippen molar-refractivity contribution in [3.05, 3.63) is 36.5 Å². The van der Waals surface area contributed by atoms with Crippen molar-refractivity contribution in [1.29, 1.82) is 0 Å². The van der Waals surface area contributed by atoms with Gasteiger partial charge in [-0.2, -0.15) is 0 Å². The summed E-state index contributed by atoms with van der Waals surface area (Å²) < 4.78 is 0. The van der Waals surface area contributed by atoms with Crippen molar-refractivity contribution in [1.82, 2.24) is 10.2 Å². The molecule has 0 fully saturated rings. The molecule has 0 radical (unpaired) electrons. The van der Waals surface area contributed by atoms with Crippen LogP contribution in [0, 0.1) is 0 Å². The van der Waals surface area contributed by atoms with Gasteiger partial charge < -0.3 is 10.0 Å². The minimum Gasteiger partial charge on any atom is -0.478 e. The summed E-state index contributed by atoms with van der Waals surface area (Å²) >= 11 is 0. The third kappa shape index (κ3) is 5.20. The standard InChI is InChI=1S/C13H18N2O4/c1-5-7-15(8-6-2)13(19)14-11(16)9(3)10(4)12(17)18/h5-6H,1-2,7-8H2,3-4H3,(H,17,18)(H,14,16,19). The highest BCUT2D eigenvalue weighted by Crippen LogP contribution is 2.04. The Labute approximate surface area is 112 Å². The summed E-state index contributed by atoms with van der Waals surface area (Å²) in [5, 5.41) is 10.9. The molecule has 0 atom stereocenters. The lowest BCUT2D eigenvalue weighted by atomic mass is 10.1. The smallest absolute Gasteiger partial charge is 0.331 e. The molecule has 0 aromatic rings. The van der Waals surface area contributed by atoms with Gasteiger partial charge in [-0.1, -0.05) is 12.2 Å². The summed E-state index contributed by atoms with van der Waals surface area (Å²) in [5.41, 5.74) is -0.123. The average molecular weight is 266 g/mol. The number of carboxylic acids is 1. The van der Waals surface area contributed by atoms with Crippen LogP contribution in [0.5, 0.6) is 0 Å². The first-order valence-corrected chi connectivity index (χ1v) is 5.58. The van der Waals surface area contributed by atoms with Crippen LogP contribution in [0.3, 0.4) is 0 Å². The molecule has 0 unspecified atom stereocenters. The molecule has 6 nitrogen and oxygen atoms in total. The van der Waals surface area contributed by atoms with E-state index in [-0.39, 0.29) is 24.2 Å². The lowest BCUT2D eigenvalue weighted by Crippen LogP contribution is -2.43. The van der Waals surface area contributed by atoms with Crippen LogP contribution in [0.1, 0.15) is 13.8 Å². The van der Waals surface area contributed by atoms with Gasteiger partial charge >= 0.3 is 12.0 Å². The molecule has 2 N–H and O–H groups in total. The minimum atomic E-state index is -1.20. The predicted molar refractivity (Wildman–Crippen MR) is 71.5 cm³/mol. The second-order valence-electron chi connectivity index (χ2n) is 3.80. The number of amides is 3. The molecule has 0 heterocycles. The summed E-state index contributed by atoms with van der Waals surface area (Å²) in [6, 6.07) is -0.623. The Morgan fingerprint density at radius 2 is 1.58 bits per heavy atom. The number of hydrogen-bond acceptors (Lipinski definition) is 3. The first kappa shape index (κ1) is 16.6. The van der Waals surface area contributed by atoms with Gasteiger partial charge in [-0.15, -0.1) is 13.2 Å². The van der Waals surface area contributed by atoms with Crippen molar-refractivity contribution in [2.45, 2.75) is 13.8 Å². The molecular weight excluding hydrogens is 248 g/mol. The van der Waals surface area contributed by atoms with Crippen molar-refractivity contribution >= 4 is 17.9 Å². The molecule has 0 bridgehead atoms. The Morgan fingerprint density at radius 3 is 1.95 bits per heavy atom. The normalized spacial score (nSPS) is 11.1. The molecule has 104 valence electrons. The predicted octanol–water partition coefficient (Wildman–Crippen LogP) is 1.32. The van der Waals surface area contributed by atoms with Gasteiger partial charge in [-0.25, -0.2) is 9.59 Å². The zero-order valence-electron chi connectivity index (χ0n) is 11.1. The number of nitrogens with zero attached hydrogens (tertiary/aromatic N) is 1. The number of carbonyl (C=O) groups excluding carboxylic acids is 2. The van der Waals surface area contributed by atoms with Crippen LogP contribution in [-0.4, -0.2) is 41.0 Å². The molecule has 0 aromatic carbocycles. The van der Waals surface area contributed by atoms with E-state index in [4.69, 9.17) is 5.11 Å². The number of rotatable bonds is 6. The van der Waals surface area contributed by atoms with E-state index in [1.807, 2.05) is 0 Å². The number of carbonyl (C=O) groups is 3. The van der Waals surface area contributed by atoms with Crippen LogP contribution >= 0.6 is 0 Å². The van der Waals surface area contributed by atoms with Crippen molar-refractivity contribution < 1.29 is 19.5 Å². The van der Waals surface area contributed by atoms with E-state index in [2.05, 4.69) is 18.5 Å². The summed E-state index contributed by atoms with van der Waals surface area (Å²) in [6.45, 7) is 10.2. The third-order valence-corrected chi connectivity index (χ3v) is 2.43. The van der Waals surface area contributed by atoms with E-state index in [0.29, 0.717) is 0 Å². The molecule has 0 rings (SSSR count). The van der Waals surface area contributed by atoms with Gasteiger partial charge in [0.1, 0.15) is 0 Å². The topological polar surface area (TPSA) is 86.7 Å². The number of nitrogens with one attached hydrogen (secondary N) is 1. The van der Waals surface area contributed by atoms with Crippen LogP contribution in [0.25, 0.3) is 0 Å². The maximum Gasteiger partial charge on any atom is 0.331 e. The Hall–Kier alpha value is -2.37. The van der Waals surface area contributed by atoms with E-state index < -0.39 is 17.9 Å². The molecule has 3 amide bonds. The van der Waals surface area contributed by atoms with Crippen LogP contribution in [-0.2, 0) is 9.59 Å². The zero-order chi connectivity index (χ0) is 15.0. The van der Waals surface area contributed by atoms with E-state index in [0.717, 1.165) is 0 Å². The molecule has 0 aliphatic heterocycles. The van der Waals surface area contributed by atoms with E-state index in [9.17, 15) is 14.4 Å². The number of carboxylic acid groups (broad SMARTS) is 1. The summed E-state index contributed by atoms with van der Waals surface area (Å²) in [4.78, 5) is 35.5. The van der Waals surface area contributed by atoms with Crippen LogP contribution < -0.4 is 5.32 Å². The summed E-state index contributed by atoms with van der Waals surface area (Å²) in [5.74, 6) is -1.93. The Morgan fingerprint density at radius 1 is 1.11 bits per heavy atom. The maximum absolute atomic E-state index is 11.8. The first-order chi connectivity index (χ1) is 8.84. The van der Waals surface area contributed by atoms with Crippen molar-refractivity contribution in [2.24, 2.45) is 0 Å². The molecule has 19 heavy (non-hydrogen) atoms. The molecule has 0 aliphatic rings. The van der Waals surface area contributed by atoms with Crippen molar-refractivity contribution in [3.63, 3.8) is 0 Å². The van der Waals surface area contributed by atoms with Gasteiger partial charge in [0.05, 0.1) is 0 Å². The second-order valence-corrected chi connectivity index (χ2v) is 3.80. The highest BCUT2D eigenvalue weighted by molar-refractivity contribution is 6.07. The Bertz CT molecular complexity index is 428. The fourth-order valence-corrected chi connectivity index (χ4v) is 1.15. The molecule has 0 aliphatic carbocycles. The number of imide groups is 1. The molecule has 0 aromatic heterocycles. The number of aliphatic carboxylic acids is 1. The van der Waals surface area contributed by atoms with Gasteiger partial charge in [0, 0.05) is 24.2 Å². The van der Waals surface area contributed by atoms with E-state index >= 15 is 0 Å². The largest absolute Gasteiger partial charge is 0.478 e. The van der Waals surface area contributed by atoms with Crippen LogP contribution in [0.15, 0.2) is 36.5 Å². The Kier molecular flexibility index (Phi) is 6.88. The highest BCUT2D eigenvalue weighted by Gasteiger charge is 2.18. The van der Waals surface area contributed by atoms with E-state index in [1.54, 1.807) is 0 Å². The molecular formula is C13H18N2O4. The quantitative estimate of drug-likeness (QED) is 0.560. The van der Waals surface area contributed by atoms with Crippen LogP contribution in [0.4, 0.5) is 4.79 Å². The van der Waals surface area contributed by atoms with Gasteiger partial charge in [0.15, 0.2) is 0 Å². The van der Waals surface area contributed by atoms with Crippen molar-refractivity contribution in [3.8, 4) is 0 Å². The van der Waals surface area contributed by atoms with Gasteiger partial charge in [0.2, 0.25) is 0 Å². The highest BCUT2D eigenvalue weighted by atomic mass is 16.4. The average Bonchev–Trinajstić information content (AvgIpc) is 2.36.